The van der Waals surface area contributed by atoms with Gasteiger partial charge < -0.3 is 33.1 Å². The maximum atomic E-state index is 12.6. The van der Waals surface area contributed by atoms with Gasteiger partial charge in [-0.2, -0.15) is 0 Å². The summed E-state index contributed by atoms with van der Waals surface area (Å²) in [5, 5.41) is 14.1. The number of benzene rings is 3. The Labute approximate surface area is 280 Å². The number of aliphatic carboxylic acids is 1. The van der Waals surface area contributed by atoms with E-state index in [9.17, 15) is 9.90 Å². The summed E-state index contributed by atoms with van der Waals surface area (Å²) in [6.45, 7) is 14.4. The Morgan fingerprint density at radius 1 is 1.08 bits per heavy atom. The minimum atomic E-state index is -1.29. The number of halogens is 1. The maximum Gasteiger partial charge on any atom is 1.00 e. The van der Waals surface area contributed by atoms with Crippen molar-refractivity contribution in [2.24, 2.45) is 0 Å². The number of carbonyl (C=O) groups is 1. The fraction of sp³-hybridized carbons (Fsp3) is 0.355. The van der Waals surface area contributed by atoms with Crippen molar-refractivity contribution in [3.05, 3.63) is 76.3 Å². The summed E-state index contributed by atoms with van der Waals surface area (Å²) in [5.74, 6) is -0.462. The molecule has 204 valence electrons. The summed E-state index contributed by atoms with van der Waals surface area (Å²) in [7, 11) is 0. The van der Waals surface area contributed by atoms with Crippen LogP contribution in [0.1, 0.15) is 54.7 Å². The van der Waals surface area contributed by atoms with Gasteiger partial charge in [-0.15, -0.1) is 5.69 Å². The first-order chi connectivity index (χ1) is 17.3. The van der Waals surface area contributed by atoms with Crippen molar-refractivity contribution in [2.45, 2.75) is 60.2 Å². The molecule has 0 aliphatic carbocycles. The Morgan fingerprint density at radius 2 is 1.74 bits per heavy atom. The van der Waals surface area contributed by atoms with E-state index >= 15 is 0 Å². The minimum Gasteiger partial charge on any atom is -0.698 e. The second-order valence-electron chi connectivity index (χ2n) is 10.6. The molecule has 1 aliphatic heterocycles. The van der Waals surface area contributed by atoms with E-state index in [1.54, 1.807) is 6.92 Å². The molecule has 0 spiro atoms. The van der Waals surface area contributed by atoms with Gasteiger partial charge in [-0.05, 0) is 94.0 Å². The van der Waals surface area contributed by atoms with Crippen LogP contribution in [-0.4, -0.2) is 29.8 Å². The number of nitrogens with one attached hydrogen (secondary N) is 2. The van der Waals surface area contributed by atoms with E-state index in [2.05, 4.69) is 18.3 Å². The van der Waals surface area contributed by atoms with Crippen LogP contribution in [0.5, 0.6) is 5.75 Å². The van der Waals surface area contributed by atoms with Crippen LogP contribution in [0.25, 0.3) is 28.0 Å². The van der Waals surface area contributed by atoms with Gasteiger partial charge in [0.05, 0.1) is 16.3 Å². The second-order valence-corrected chi connectivity index (χ2v) is 11.0. The van der Waals surface area contributed by atoms with Crippen molar-refractivity contribution in [3.8, 4) is 28.0 Å². The summed E-state index contributed by atoms with van der Waals surface area (Å²) in [6.07, 6.45) is -1.29. The summed E-state index contributed by atoms with van der Waals surface area (Å²) >= 11 is 6.98. The molecule has 0 bridgehead atoms. The predicted octanol–water partition coefficient (Wildman–Crippen LogP) is 5.79. The molecule has 8 heteroatoms. The van der Waals surface area contributed by atoms with E-state index in [0.717, 1.165) is 27.8 Å². The van der Waals surface area contributed by atoms with Gasteiger partial charge in [0, 0.05) is 17.7 Å². The predicted molar refractivity (Wildman–Crippen MR) is 157 cm³/mol. The van der Waals surface area contributed by atoms with Crippen molar-refractivity contribution in [1.29, 1.82) is 0 Å². The van der Waals surface area contributed by atoms with E-state index in [4.69, 9.17) is 26.8 Å². The van der Waals surface area contributed by atoms with E-state index in [1.807, 2.05) is 58.9 Å². The smallest absolute Gasteiger partial charge is 0.698 e. The first-order valence-corrected chi connectivity index (χ1v) is 12.8. The van der Waals surface area contributed by atoms with Gasteiger partial charge in [0.2, 0.25) is 0 Å². The molecule has 0 saturated heterocycles. The van der Waals surface area contributed by atoms with Crippen molar-refractivity contribution in [1.82, 2.24) is 0 Å². The van der Waals surface area contributed by atoms with Crippen LogP contribution >= 0.6 is 11.6 Å². The monoisotopic (exact) mass is 575 g/mol. The molecule has 0 radical (unpaired) electrons. The van der Waals surface area contributed by atoms with E-state index in [1.165, 1.54) is 0 Å². The Hall–Kier alpha value is -1.58. The number of carboxylic acid groups (broad SMARTS) is 1. The molecular weight excluding hydrogens is 539 g/mol. The molecule has 0 fully saturated rings. The van der Waals surface area contributed by atoms with Crippen molar-refractivity contribution < 1.29 is 70.8 Å². The molecule has 6 nitrogen and oxygen atoms in total. The normalized spacial score (nSPS) is 13.2. The zero-order chi connectivity index (χ0) is 27.2. The van der Waals surface area contributed by atoms with E-state index in [-0.39, 0.29) is 64.5 Å². The van der Waals surface area contributed by atoms with Crippen molar-refractivity contribution >= 4 is 28.9 Å². The third kappa shape index (κ3) is 6.67. The van der Waals surface area contributed by atoms with Crippen LogP contribution < -0.4 is 61.4 Å². The van der Waals surface area contributed by atoms with Gasteiger partial charge >= 0.3 is 57.4 Å². The average molecular weight is 576 g/mol. The first kappa shape index (κ1) is 33.6. The Morgan fingerprint density at radius 3 is 2.33 bits per heavy atom. The Kier molecular flexibility index (Phi) is 11.2. The van der Waals surface area contributed by atoms with E-state index < -0.39 is 17.7 Å². The van der Waals surface area contributed by atoms with E-state index in [0.29, 0.717) is 51.9 Å². The SMILES string of the molecule is Cc1ccc(-c2c(C)c(-c3ccc4c(c3Cl)NCCO4)c(C(OC(C)(C)C)C(=O)O)c(C)c2[NH-])cc1C.[CH3-].[K+]. The number of anilines is 1. The maximum absolute atomic E-state index is 12.6. The fourth-order valence-electron chi connectivity index (χ4n) is 4.92. The minimum absolute atomic E-state index is 0. The standard InChI is InChI=1S/C30H34ClN2O4.CH3.K/c1-15-8-9-19(14-16(15)2)22-17(3)23(20-10-11-21-27(25(20)31)33-12-13-36-21)24(18(4)26(22)32)28(29(34)35)37-30(5,6)7;;/h8-11,14,28,32-33H,12-13H2,1-7H3,(H,34,35);1H3;/q2*-1;+1. The van der Waals surface area contributed by atoms with Crippen LogP contribution in [-0.2, 0) is 9.53 Å². The topological polar surface area (TPSA) is 91.6 Å². The number of hydrogen-bond donors (Lipinski definition) is 2. The van der Waals surface area contributed by atoms with Crippen LogP contribution in [0.2, 0.25) is 5.02 Å². The third-order valence-electron chi connectivity index (χ3n) is 6.84. The molecule has 0 amide bonds. The molecule has 3 N–H and O–H groups in total. The number of carboxylic acids is 1. The molecular formula is C31H37ClKN2O4-. The second kappa shape index (κ2) is 12.9. The zero-order valence-electron chi connectivity index (χ0n) is 24.4. The van der Waals surface area contributed by atoms with Crippen LogP contribution in [0, 0.1) is 35.1 Å². The average Bonchev–Trinajstić information content (AvgIpc) is 2.82. The Bertz CT molecular complexity index is 1400. The molecule has 0 saturated carbocycles. The number of ether oxygens (including phenoxy) is 2. The molecule has 1 heterocycles. The molecule has 1 aliphatic rings. The van der Waals surface area contributed by atoms with Gasteiger partial charge in [-0.1, -0.05) is 35.4 Å². The number of aryl methyl sites for hydroxylation is 2. The van der Waals surface area contributed by atoms with Crippen LogP contribution in [0.3, 0.4) is 0 Å². The van der Waals surface area contributed by atoms with Gasteiger partial charge in [-0.3, -0.25) is 0 Å². The molecule has 4 rings (SSSR count). The molecule has 3 aromatic rings. The zero-order valence-corrected chi connectivity index (χ0v) is 28.3. The van der Waals surface area contributed by atoms with Gasteiger partial charge in [0.1, 0.15) is 12.4 Å². The van der Waals surface area contributed by atoms with Gasteiger partial charge in [0.25, 0.3) is 0 Å². The largest absolute Gasteiger partial charge is 1.00 e. The quantitative estimate of drug-likeness (QED) is 0.297. The third-order valence-corrected chi connectivity index (χ3v) is 7.23. The molecule has 1 atom stereocenters. The molecule has 3 aromatic carbocycles. The number of fused-ring (bicyclic) bond motifs is 1. The summed E-state index contributed by atoms with van der Waals surface area (Å²) in [5.41, 5.74) is 16.4. The van der Waals surface area contributed by atoms with Crippen LogP contribution in [0.15, 0.2) is 30.3 Å². The Balaban J connectivity index is 0.00000267. The summed E-state index contributed by atoms with van der Waals surface area (Å²) in [6, 6.07) is 9.84. The first-order valence-electron chi connectivity index (χ1n) is 12.4. The molecule has 1 unspecified atom stereocenters. The fourth-order valence-corrected chi connectivity index (χ4v) is 5.23. The molecule has 39 heavy (non-hydrogen) atoms. The number of rotatable bonds is 5. The molecule has 0 aromatic heterocycles. The van der Waals surface area contributed by atoms with Crippen molar-refractivity contribution in [3.63, 3.8) is 0 Å². The van der Waals surface area contributed by atoms with Crippen molar-refractivity contribution in [2.75, 3.05) is 18.5 Å². The summed E-state index contributed by atoms with van der Waals surface area (Å²) in [4.78, 5) is 12.6. The van der Waals surface area contributed by atoms with Gasteiger partial charge in [-0.25, -0.2) is 4.79 Å². The summed E-state index contributed by atoms with van der Waals surface area (Å²) < 4.78 is 11.9. The number of hydrogen-bond acceptors (Lipinski definition) is 4. The van der Waals surface area contributed by atoms with Gasteiger partial charge in [0.15, 0.2) is 6.10 Å². The van der Waals surface area contributed by atoms with Crippen LogP contribution in [0.4, 0.5) is 11.4 Å².